The molecular weight excluding hydrogens is 608 g/mol. The smallest absolute Gasteiger partial charge is 0.303 e. The molecule has 5 N–H and O–H groups in total. The van der Waals surface area contributed by atoms with Crippen LogP contribution >= 0.6 is 0 Å². The summed E-state index contributed by atoms with van der Waals surface area (Å²) in [6.07, 6.45) is 0.672. The van der Waals surface area contributed by atoms with Crippen molar-refractivity contribution < 1.29 is 63.1 Å². The second kappa shape index (κ2) is 26.9. The molecule has 0 saturated carbocycles. The zero-order chi connectivity index (χ0) is 34.7. The molecule has 0 heterocycles. The molecule has 0 aliphatic heterocycles. The van der Waals surface area contributed by atoms with E-state index in [0.717, 1.165) is 0 Å². The summed E-state index contributed by atoms with van der Waals surface area (Å²) < 4.78 is 15.6. The number of aliphatic hydroxyl groups is 1. The summed E-state index contributed by atoms with van der Waals surface area (Å²) in [5, 5.41) is 32.6. The van der Waals surface area contributed by atoms with Gasteiger partial charge in [-0.05, 0) is 39.0 Å². The van der Waals surface area contributed by atoms with Crippen LogP contribution in [-0.4, -0.2) is 116 Å². The fraction of sp³-hybridized carbons (Fsp3) is 0.774. The first-order valence-corrected chi connectivity index (χ1v) is 15.8. The number of hydrogen-bond donors (Lipinski definition) is 5. The van der Waals surface area contributed by atoms with E-state index in [9.17, 15) is 33.6 Å². The molecule has 0 aliphatic carbocycles. The molecular formula is C31H52N2O13. The molecule has 0 aromatic carbocycles. The molecule has 46 heavy (non-hydrogen) atoms. The van der Waals surface area contributed by atoms with Crippen LogP contribution in [0.3, 0.4) is 0 Å². The molecule has 15 heteroatoms. The van der Waals surface area contributed by atoms with Crippen molar-refractivity contribution >= 4 is 41.1 Å². The number of Topliss-reactive ketones (excluding diaryl/α,β-unsaturated/α-hetero) is 3. The number of carbonyl (C=O) groups is 7. The van der Waals surface area contributed by atoms with Crippen LogP contribution in [0.2, 0.25) is 0 Å². The Balaban J connectivity index is 4.87. The highest BCUT2D eigenvalue weighted by Gasteiger charge is 2.29. The van der Waals surface area contributed by atoms with Gasteiger partial charge in [-0.3, -0.25) is 33.6 Å². The van der Waals surface area contributed by atoms with Gasteiger partial charge in [0.1, 0.15) is 25.6 Å². The second-order valence-corrected chi connectivity index (χ2v) is 10.8. The van der Waals surface area contributed by atoms with E-state index in [2.05, 4.69) is 10.6 Å². The third kappa shape index (κ3) is 22.3. The Morgan fingerprint density at radius 3 is 1.91 bits per heavy atom. The average Bonchev–Trinajstić information content (AvgIpc) is 3.02. The molecule has 2 amide bonds. The summed E-state index contributed by atoms with van der Waals surface area (Å²) in [5.41, 5.74) is 0. The molecule has 0 bridgehead atoms. The van der Waals surface area contributed by atoms with Gasteiger partial charge >= 0.3 is 11.9 Å². The molecule has 264 valence electrons. The maximum Gasteiger partial charge on any atom is 0.303 e. The Kier molecular flexibility index (Phi) is 25.0. The number of unbranched alkanes of at least 4 members (excludes halogenated alkanes) is 1. The summed E-state index contributed by atoms with van der Waals surface area (Å²) in [5.74, 6) is -6.50. The number of ether oxygens (including phenoxy) is 3. The van der Waals surface area contributed by atoms with Crippen LogP contribution in [0.15, 0.2) is 0 Å². The molecule has 0 aromatic heterocycles. The van der Waals surface area contributed by atoms with E-state index in [1.807, 2.05) is 6.92 Å². The van der Waals surface area contributed by atoms with Crippen molar-refractivity contribution in [3.05, 3.63) is 0 Å². The summed E-state index contributed by atoms with van der Waals surface area (Å²) in [6.45, 7) is 4.12. The second-order valence-electron chi connectivity index (χ2n) is 10.8. The molecule has 0 spiro atoms. The van der Waals surface area contributed by atoms with Gasteiger partial charge in [-0.25, -0.2) is 0 Å². The Bertz CT molecular complexity index is 957. The van der Waals surface area contributed by atoms with Crippen molar-refractivity contribution in [3.8, 4) is 0 Å². The van der Waals surface area contributed by atoms with Gasteiger partial charge in [0.05, 0.1) is 19.8 Å². The van der Waals surface area contributed by atoms with E-state index < -0.39 is 47.9 Å². The number of ketones is 3. The summed E-state index contributed by atoms with van der Waals surface area (Å²) >= 11 is 0. The zero-order valence-electron chi connectivity index (χ0n) is 27.1. The van der Waals surface area contributed by atoms with E-state index >= 15 is 0 Å². The molecule has 3 atom stereocenters. The maximum absolute atomic E-state index is 13.2. The monoisotopic (exact) mass is 660 g/mol. The van der Waals surface area contributed by atoms with Gasteiger partial charge < -0.3 is 40.2 Å². The first kappa shape index (κ1) is 42.7. The Labute approximate surface area is 270 Å². The minimum atomic E-state index is -1.15. The molecule has 0 saturated heterocycles. The van der Waals surface area contributed by atoms with Crippen LogP contribution in [0.5, 0.6) is 0 Å². The highest BCUT2D eigenvalue weighted by Crippen LogP contribution is 2.22. The van der Waals surface area contributed by atoms with Crippen LogP contribution in [0.1, 0.15) is 78.1 Å². The van der Waals surface area contributed by atoms with Crippen molar-refractivity contribution in [2.24, 2.45) is 17.8 Å². The fourth-order valence-corrected chi connectivity index (χ4v) is 4.55. The molecule has 0 fully saturated rings. The van der Waals surface area contributed by atoms with Crippen LogP contribution in [-0.2, 0) is 47.8 Å². The summed E-state index contributed by atoms with van der Waals surface area (Å²) in [6, 6.07) is 0. The topological polar surface area (TPSA) is 232 Å². The molecule has 15 nitrogen and oxygen atoms in total. The highest BCUT2D eigenvalue weighted by atomic mass is 16.5. The average molecular weight is 661 g/mol. The molecule has 0 rings (SSSR count). The number of amides is 2. The van der Waals surface area contributed by atoms with Crippen LogP contribution in [0.4, 0.5) is 0 Å². The van der Waals surface area contributed by atoms with Crippen molar-refractivity contribution in [1.29, 1.82) is 0 Å². The van der Waals surface area contributed by atoms with Gasteiger partial charge in [0.25, 0.3) is 0 Å². The van der Waals surface area contributed by atoms with Gasteiger partial charge in [0.15, 0.2) is 11.6 Å². The fourth-order valence-electron chi connectivity index (χ4n) is 4.55. The van der Waals surface area contributed by atoms with Crippen LogP contribution in [0, 0.1) is 17.8 Å². The Morgan fingerprint density at radius 1 is 0.652 bits per heavy atom. The number of aliphatic carboxylic acids is 2. The lowest BCUT2D eigenvalue weighted by molar-refractivity contribution is -0.140. The molecule has 0 radical (unpaired) electrons. The van der Waals surface area contributed by atoms with Crippen molar-refractivity contribution in [3.63, 3.8) is 0 Å². The third-order valence-corrected chi connectivity index (χ3v) is 7.18. The zero-order valence-corrected chi connectivity index (χ0v) is 27.1. The van der Waals surface area contributed by atoms with Crippen molar-refractivity contribution in [2.75, 3.05) is 59.3 Å². The number of nitrogens with one attached hydrogen (secondary N) is 2. The van der Waals surface area contributed by atoms with Crippen molar-refractivity contribution in [2.45, 2.75) is 78.1 Å². The van der Waals surface area contributed by atoms with E-state index in [4.69, 9.17) is 29.5 Å². The number of hydrogen-bond acceptors (Lipinski definition) is 11. The SMILES string of the molecule is CCOCC(=O)NCCOCCOCC(=O)C[C@@H](CCC(=O)O)C(=O)C[C@@H](CCC(=O)O)C(=O)NCCCC[C@H](CC)C(=O)CO. The van der Waals surface area contributed by atoms with Gasteiger partial charge in [-0.1, -0.05) is 13.3 Å². The Hall–Kier alpha value is -3.27. The summed E-state index contributed by atoms with van der Waals surface area (Å²) in [7, 11) is 0. The van der Waals surface area contributed by atoms with Crippen LogP contribution in [0.25, 0.3) is 0 Å². The first-order chi connectivity index (χ1) is 21.9. The summed E-state index contributed by atoms with van der Waals surface area (Å²) in [4.78, 5) is 84.1. The number of carboxylic acid groups (broad SMARTS) is 2. The lowest BCUT2D eigenvalue weighted by Gasteiger charge is -2.20. The molecule has 0 aliphatic rings. The quantitative estimate of drug-likeness (QED) is 0.0652. The van der Waals surface area contributed by atoms with E-state index in [1.54, 1.807) is 6.92 Å². The molecule has 0 aromatic rings. The minimum Gasteiger partial charge on any atom is -0.481 e. The first-order valence-electron chi connectivity index (χ1n) is 15.8. The van der Waals surface area contributed by atoms with E-state index in [1.165, 1.54) is 0 Å². The molecule has 0 unspecified atom stereocenters. The van der Waals surface area contributed by atoms with E-state index in [0.29, 0.717) is 32.3 Å². The van der Waals surface area contributed by atoms with Gasteiger partial charge in [-0.2, -0.15) is 0 Å². The lowest BCUT2D eigenvalue weighted by atomic mass is 9.85. The van der Waals surface area contributed by atoms with Crippen molar-refractivity contribution in [1.82, 2.24) is 10.6 Å². The lowest BCUT2D eigenvalue weighted by Crippen LogP contribution is -2.34. The van der Waals surface area contributed by atoms with Gasteiger partial charge in [0.2, 0.25) is 11.8 Å². The number of aliphatic hydroxyl groups excluding tert-OH is 1. The number of carboxylic acids is 2. The van der Waals surface area contributed by atoms with E-state index in [-0.39, 0.29) is 102 Å². The predicted molar refractivity (Wildman–Crippen MR) is 164 cm³/mol. The number of carbonyl (C=O) groups excluding carboxylic acids is 5. The van der Waals surface area contributed by atoms with Crippen LogP contribution < -0.4 is 10.6 Å². The highest BCUT2D eigenvalue weighted by molar-refractivity contribution is 5.92. The van der Waals surface area contributed by atoms with Gasteiger partial charge in [-0.15, -0.1) is 0 Å². The predicted octanol–water partition coefficient (Wildman–Crippen LogP) is 0.927. The largest absolute Gasteiger partial charge is 0.481 e. The van der Waals surface area contributed by atoms with Gasteiger partial charge in [0, 0.05) is 63.1 Å². The Morgan fingerprint density at radius 2 is 1.30 bits per heavy atom. The third-order valence-electron chi connectivity index (χ3n) is 7.18. The normalized spacial score (nSPS) is 12.9. The standard InChI is InChI=1S/C31H52N2O13/c1-3-22(27(37)19-34)7-5-6-12-33-31(43)24(9-11-30(41)42)18-26(36)23(8-10-29(39)40)17-25(35)20-46-16-15-45-14-13-32-28(38)21-44-4-2/h22-24,34H,3-21H2,1-2H3,(H,32,38)(H,33,43)(H,39,40)(H,41,42)/t22-,23+,24+/m0/s1. The maximum atomic E-state index is 13.2. The number of rotatable bonds is 31. The minimum absolute atomic E-state index is 0.0362.